The van der Waals surface area contributed by atoms with Crippen molar-refractivity contribution >= 4 is 28.8 Å². The Morgan fingerprint density at radius 2 is 1.93 bits per heavy atom. The molecule has 0 aromatic carbocycles. The van der Waals surface area contributed by atoms with Gasteiger partial charge in [0.15, 0.2) is 0 Å². The molecule has 0 aliphatic carbocycles. The molecule has 3 N–H and O–H groups in total. The van der Waals surface area contributed by atoms with E-state index in [1.807, 2.05) is 0 Å². The zero-order chi connectivity index (χ0) is 12.0. The van der Waals surface area contributed by atoms with Gasteiger partial charge in [-0.25, -0.2) is 4.79 Å². The number of carbonyl (C=O) groups excluding carboxylic acids is 2. The first kappa shape index (κ1) is 13.9. The number of nitrogens with one attached hydrogen (secondary N) is 1. The lowest BCUT2D eigenvalue weighted by molar-refractivity contribution is -0.140. The van der Waals surface area contributed by atoms with Crippen LogP contribution < -0.4 is 5.32 Å². The zero-order valence-corrected chi connectivity index (χ0v) is 9.21. The van der Waals surface area contributed by atoms with Gasteiger partial charge in [-0.15, -0.1) is 0 Å². The number of aliphatic hydroxyl groups excluding tert-OH is 1. The van der Waals surface area contributed by atoms with Crippen molar-refractivity contribution in [2.75, 3.05) is 5.75 Å². The molecule has 1 unspecified atom stereocenters. The highest BCUT2D eigenvalue weighted by Gasteiger charge is 2.21. The molecule has 0 radical (unpaired) electrons. The van der Waals surface area contributed by atoms with Gasteiger partial charge in [0.25, 0.3) is 0 Å². The van der Waals surface area contributed by atoms with Gasteiger partial charge in [-0.3, -0.25) is 9.59 Å². The maximum atomic E-state index is 11.0. The molecule has 0 bridgehead atoms. The summed E-state index contributed by atoms with van der Waals surface area (Å²) in [7, 11) is 0. The molecule has 0 fully saturated rings. The van der Waals surface area contributed by atoms with Crippen LogP contribution in [0.25, 0.3) is 0 Å². The van der Waals surface area contributed by atoms with Crippen molar-refractivity contribution < 1.29 is 24.6 Å². The Balaban J connectivity index is 4.13. The smallest absolute Gasteiger partial charge is 0.327 e. The summed E-state index contributed by atoms with van der Waals surface area (Å²) in [6, 6.07) is -1.12. The van der Waals surface area contributed by atoms with Crippen molar-refractivity contribution in [1.29, 1.82) is 0 Å². The van der Waals surface area contributed by atoms with Gasteiger partial charge in [-0.1, -0.05) is 11.8 Å². The average Bonchev–Trinajstić information content (AvgIpc) is 2.10. The van der Waals surface area contributed by atoms with Crippen LogP contribution in [0.1, 0.15) is 13.8 Å². The predicted molar refractivity (Wildman–Crippen MR) is 54.4 cm³/mol. The monoisotopic (exact) mass is 235 g/mol. The van der Waals surface area contributed by atoms with E-state index >= 15 is 0 Å². The molecule has 0 spiro atoms. The molecule has 7 heteroatoms. The Labute approximate surface area is 91.0 Å². The Hall–Kier alpha value is -1.08. The second kappa shape index (κ2) is 6.41. The standard InChI is InChI=1S/C8H13NO5S/c1-4(10)8(14)15-3-6(7(12)13)9-5(2)11/h4,6,10H,3H2,1-2H3,(H,9,11)(H,12,13)/t4?,6-/m0/s1. The zero-order valence-electron chi connectivity index (χ0n) is 8.39. The van der Waals surface area contributed by atoms with Crippen LogP contribution in [-0.2, 0) is 14.4 Å². The second-order valence-corrected chi connectivity index (χ2v) is 3.92. The first-order valence-electron chi connectivity index (χ1n) is 4.19. The number of hydrogen-bond donors (Lipinski definition) is 3. The van der Waals surface area contributed by atoms with Gasteiger partial charge in [-0.05, 0) is 6.92 Å². The van der Waals surface area contributed by atoms with Gasteiger partial charge in [0.2, 0.25) is 11.0 Å². The van der Waals surface area contributed by atoms with Crippen LogP contribution in [0.2, 0.25) is 0 Å². The Morgan fingerprint density at radius 3 is 2.27 bits per heavy atom. The first-order valence-corrected chi connectivity index (χ1v) is 5.17. The van der Waals surface area contributed by atoms with Crippen LogP contribution in [0.4, 0.5) is 0 Å². The quantitative estimate of drug-likeness (QED) is 0.577. The Kier molecular flexibility index (Phi) is 5.95. The van der Waals surface area contributed by atoms with Gasteiger partial charge in [0.1, 0.15) is 12.1 Å². The lowest BCUT2D eigenvalue weighted by Gasteiger charge is -2.12. The van der Waals surface area contributed by atoms with Crippen LogP contribution in [0.15, 0.2) is 0 Å². The molecule has 2 atom stereocenters. The minimum absolute atomic E-state index is 0.0986. The summed E-state index contributed by atoms with van der Waals surface area (Å²) in [5.74, 6) is -1.79. The number of aliphatic carboxylic acids is 1. The molecule has 6 nitrogen and oxygen atoms in total. The number of hydrogen-bond acceptors (Lipinski definition) is 5. The molecule has 0 rings (SSSR count). The summed E-state index contributed by atoms with van der Waals surface area (Å²) in [5.41, 5.74) is 0. The number of aliphatic hydroxyl groups is 1. The Bertz CT molecular complexity index is 266. The topological polar surface area (TPSA) is 104 Å². The van der Waals surface area contributed by atoms with Crippen LogP contribution in [0.3, 0.4) is 0 Å². The van der Waals surface area contributed by atoms with E-state index in [1.54, 1.807) is 0 Å². The van der Waals surface area contributed by atoms with E-state index in [0.29, 0.717) is 11.8 Å². The fraction of sp³-hybridized carbons (Fsp3) is 0.625. The summed E-state index contributed by atoms with van der Waals surface area (Å²) >= 11 is 0.678. The summed E-state index contributed by atoms with van der Waals surface area (Å²) < 4.78 is 0. The highest BCUT2D eigenvalue weighted by atomic mass is 32.2. The summed E-state index contributed by atoms with van der Waals surface area (Å²) in [4.78, 5) is 32.2. The van der Waals surface area contributed by atoms with Gasteiger partial charge in [0.05, 0.1) is 0 Å². The fourth-order valence-corrected chi connectivity index (χ4v) is 1.50. The van der Waals surface area contributed by atoms with Gasteiger partial charge in [0, 0.05) is 12.7 Å². The minimum atomic E-state index is -1.21. The van der Waals surface area contributed by atoms with Gasteiger partial charge in [-0.2, -0.15) is 0 Å². The summed E-state index contributed by atoms with van der Waals surface area (Å²) in [6.45, 7) is 2.49. The molecular weight excluding hydrogens is 222 g/mol. The van der Waals surface area contributed by atoms with Crippen LogP contribution in [-0.4, -0.2) is 45.1 Å². The molecule has 1 amide bonds. The van der Waals surface area contributed by atoms with E-state index in [1.165, 1.54) is 13.8 Å². The molecule has 0 saturated heterocycles. The highest BCUT2D eigenvalue weighted by molar-refractivity contribution is 8.13. The van der Waals surface area contributed by atoms with Crippen molar-refractivity contribution in [2.45, 2.75) is 26.0 Å². The highest BCUT2D eigenvalue weighted by Crippen LogP contribution is 2.07. The third-order valence-electron chi connectivity index (χ3n) is 1.41. The molecule has 86 valence electrons. The number of amides is 1. The number of rotatable bonds is 5. The van der Waals surface area contributed by atoms with Crippen LogP contribution in [0, 0.1) is 0 Å². The van der Waals surface area contributed by atoms with Crippen LogP contribution in [0.5, 0.6) is 0 Å². The average molecular weight is 235 g/mol. The number of thioether (sulfide) groups is 1. The molecule has 0 heterocycles. The molecule has 0 aromatic heterocycles. The van der Waals surface area contributed by atoms with E-state index in [9.17, 15) is 14.4 Å². The number of carboxylic acid groups (broad SMARTS) is 1. The van der Waals surface area contributed by atoms with Crippen molar-refractivity contribution in [1.82, 2.24) is 5.32 Å². The van der Waals surface area contributed by atoms with E-state index < -0.39 is 29.1 Å². The molecule has 15 heavy (non-hydrogen) atoms. The predicted octanol–water partition coefficient (Wildman–Crippen LogP) is -0.784. The number of carbonyl (C=O) groups is 3. The van der Waals surface area contributed by atoms with Crippen molar-refractivity contribution in [3.63, 3.8) is 0 Å². The lowest BCUT2D eigenvalue weighted by atomic mass is 10.3. The SMILES string of the molecule is CC(=O)N[C@@H](CSC(=O)C(C)O)C(=O)O. The Morgan fingerprint density at radius 1 is 1.40 bits per heavy atom. The van der Waals surface area contributed by atoms with E-state index in [0.717, 1.165) is 0 Å². The maximum Gasteiger partial charge on any atom is 0.327 e. The summed E-state index contributed by atoms with van der Waals surface area (Å²) in [5, 5.41) is 19.2. The largest absolute Gasteiger partial charge is 0.480 e. The molecule has 0 aliphatic rings. The normalized spacial score (nSPS) is 14.1. The number of carboxylic acids is 1. The fourth-order valence-electron chi connectivity index (χ4n) is 0.706. The molecule has 0 aromatic rings. The van der Waals surface area contributed by atoms with E-state index in [-0.39, 0.29) is 5.75 Å². The minimum Gasteiger partial charge on any atom is -0.480 e. The molecular formula is C8H13NO5S. The third kappa shape index (κ3) is 6.08. The second-order valence-electron chi connectivity index (χ2n) is 2.90. The molecule has 0 saturated carbocycles. The lowest BCUT2D eigenvalue weighted by Crippen LogP contribution is -2.41. The van der Waals surface area contributed by atoms with E-state index in [4.69, 9.17) is 10.2 Å². The van der Waals surface area contributed by atoms with Crippen molar-refractivity contribution in [3.05, 3.63) is 0 Å². The van der Waals surface area contributed by atoms with E-state index in [2.05, 4.69) is 5.32 Å². The summed E-state index contributed by atoms with van der Waals surface area (Å²) in [6.07, 6.45) is -1.14. The van der Waals surface area contributed by atoms with Crippen LogP contribution >= 0.6 is 11.8 Å². The first-order chi connectivity index (χ1) is 6.84. The van der Waals surface area contributed by atoms with Crippen molar-refractivity contribution in [2.24, 2.45) is 0 Å². The molecule has 0 aliphatic heterocycles. The van der Waals surface area contributed by atoms with Crippen molar-refractivity contribution in [3.8, 4) is 0 Å². The third-order valence-corrected chi connectivity index (χ3v) is 2.53. The van der Waals surface area contributed by atoms with Gasteiger partial charge >= 0.3 is 5.97 Å². The maximum absolute atomic E-state index is 11.0. The van der Waals surface area contributed by atoms with Gasteiger partial charge < -0.3 is 15.5 Å².